The Hall–Kier alpha value is -2.22. The Balaban J connectivity index is 2.13. The fraction of sp³-hybridized carbons (Fsp3) is 0.300. The van der Waals surface area contributed by atoms with Gasteiger partial charge in [-0.15, -0.1) is 0 Å². The standard InChI is InChI=1S/C20H20O2/c1-12-4-9-19-18(11-10-17(14(3)22)20(12)19)16-7-5-15(6-8-16)13(2)21/h5-8,10-12H,4,9H2,1-3H3. The van der Waals surface area contributed by atoms with Crippen molar-refractivity contribution in [3.8, 4) is 11.1 Å². The minimum atomic E-state index is 0.0809. The van der Waals surface area contributed by atoms with Crippen molar-refractivity contribution in [3.63, 3.8) is 0 Å². The highest BCUT2D eigenvalue weighted by Gasteiger charge is 2.26. The number of rotatable bonds is 3. The van der Waals surface area contributed by atoms with Crippen LogP contribution in [0.1, 0.15) is 65.0 Å². The van der Waals surface area contributed by atoms with Gasteiger partial charge in [0.1, 0.15) is 0 Å². The van der Waals surface area contributed by atoms with Crippen molar-refractivity contribution in [2.45, 2.75) is 39.5 Å². The highest BCUT2D eigenvalue weighted by molar-refractivity contribution is 5.98. The van der Waals surface area contributed by atoms with E-state index in [4.69, 9.17) is 0 Å². The summed E-state index contributed by atoms with van der Waals surface area (Å²) in [5, 5.41) is 0. The van der Waals surface area contributed by atoms with Gasteiger partial charge in [-0.2, -0.15) is 0 Å². The van der Waals surface area contributed by atoms with Crippen LogP contribution in [0.25, 0.3) is 11.1 Å². The molecule has 0 amide bonds. The topological polar surface area (TPSA) is 34.1 Å². The highest BCUT2D eigenvalue weighted by atomic mass is 16.1. The van der Waals surface area contributed by atoms with Gasteiger partial charge >= 0.3 is 0 Å². The van der Waals surface area contributed by atoms with Crippen molar-refractivity contribution in [2.75, 3.05) is 0 Å². The smallest absolute Gasteiger partial charge is 0.160 e. The van der Waals surface area contributed by atoms with Crippen LogP contribution in [0.3, 0.4) is 0 Å². The lowest BCUT2D eigenvalue weighted by molar-refractivity contribution is 0.100. The molecule has 2 aromatic rings. The molecule has 1 unspecified atom stereocenters. The second-order valence-electron chi connectivity index (χ2n) is 6.18. The summed E-state index contributed by atoms with van der Waals surface area (Å²) in [5.41, 5.74) is 6.43. The van der Waals surface area contributed by atoms with Crippen molar-refractivity contribution in [1.82, 2.24) is 0 Å². The predicted octanol–water partition coefficient (Wildman–Crippen LogP) is 4.81. The second-order valence-corrected chi connectivity index (χ2v) is 6.18. The molecule has 0 N–H and O–H groups in total. The summed E-state index contributed by atoms with van der Waals surface area (Å²) >= 11 is 0. The summed E-state index contributed by atoms with van der Waals surface area (Å²) in [4.78, 5) is 23.3. The van der Waals surface area contributed by atoms with Crippen molar-refractivity contribution in [3.05, 3.63) is 58.7 Å². The number of fused-ring (bicyclic) bond motifs is 1. The number of hydrogen-bond acceptors (Lipinski definition) is 2. The number of carbonyl (C=O) groups excluding carboxylic acids is 2. The van der Waals surface area contributed by atoms with Gasteiger partial charge in [-0.3, -0.25) is 9.59 Å². The Labute approximate surface area is 131 Å². The maximum atomic E-state index is 11.9. The Morgan fingerprint density at radius 3 is 2.23 bits per heavy atom. The molecule has 1 aliphatic carbocycles. The average Bonchev–Trinajstić information content (AvgIpc) is 2.89. The quantitative estimate of drug-likeness (QED) is 0.761. The molecule has 0 radical (unpaired) electrons. The molecule has 2 nitrogen and oxygen atoms in total. The number of Topliss-reactive ketones (excluding diaryl/α,β-unsaturated/α-hetero) is 2. The first-order valence-electron chi connectivity index (χ1n) is 7.77. The molecule has 22 heavy (non-hydrogen) atoms. The summed E-state index contributed by atoms with van der Waals surface area (Å²) < 4.78 is 0. The van der Waals surface area contributed by atoms with E-state index in [1.165, 1.54) is 16.7 Å². The molecule has 0 aliphatic heterocycles. The molecule has 0 spiro atoms. The van der Waals surface area contributed by atoms with Crippen LogP contribution in [0, 0.1) is 0 Å². The largest absolute Gasteiger partial charge is 0.295 e. The lowest BCUT2D eigenvalue weighted by atomic mass is 9.89. The number of carbonyl (C=O) groups is 2. The molecule has 0 saturated carbocycles. The number of ketones is 2. The first-order valence-corrected chi connectivity index (χ1v) is 7.77. The van der Waals surface area contributed by atoms with Crippen LogP contribution in [0.5, 0.6) is 0 Å². The zero-order valence-electron chi connectivity index (χ0n) is 13.3. The van der Waals surface area contributed by atoms with Gasteiger partial charge in [0.05, 0.1) is 0 Å². The van der Waals surface area contributed by atoms with Crippen LogP contribution in [0.2, 0.25) is 0 Å². The van der Waals surface area contributed by atoms with Gasteiger partial charge in [0, 0.05) is 11.1 Å². The molecule has 3 rings (SSSR count). The maximum absolute atomic E-state index is 11.9. The molecular formula is C20H20O2. The van der Waals surface area contributed by atoms with Crippen LogP contribution in [-0.2, 0) is 6.42 Å². The van der Waals surface area contributed by atoms with E-state index in [0.29, 0.717) is 5.92 Å². The lowest BCUT2D eigenvalue weighted by Gasteiger charge is -2.14. The third kappa shape index (κ3) is 2.39. The van der Waals surface area contributed by atoms with E-state index in [1.54, 1.807) is 13.8 Å². The van der Waals surface area contributed by atoms with E-state index in [-0.39, 0.29) is 11.6 Å². The molecule has 2 aromatic carbocycles. The van der Waals surface area contributed by atoms with Crippen LogP contribution in [0.15, 0.2) is 36.4 Å². The molecule has 0 heterocycles. The minimum absolute atomic E-state index is 0.0809. The molecule has 1 aliphatic rings. The fourth-order valence-corrected chi connectivity index (χ4v) is 3.46. The third-order valence-electron chi connectivity index (χ3n) is 4.66. The van der Waals surface area contributed by atoms with Crippen molar-refractivity contribution >= 4 is 11.6 Å². The van der Waals surface area contributed by atoms with E-state index in [0.717, 1.165) is 29.5 Å². The van der Waals surface area contributed by atoms with Gasteiger partial charge < -0.3 is 0 Å². The van der Waals surface area contributed by atoms with E-state index < -0.39 is 0 Å². The monoisotopic (exact) mass is 292 g/mol. The van der Waals surface area contributed by atoms with Gasteiger partial charge in [0.25, 0.3) is 0 Å². The van der Waals surface area contributed by atoms with E-state index >= 15 is 0 Å². The number of benzene rings is 2. The van der Waals surface area contributed by atoms with Gasteiger partial charge in [-0.1, -0.05) is 43.3 Å². The van der Waals surface area contributed by atoms with Crippen molar-refractivity contribution < 1.29 is 9.59 Å². The van der Waals surface area contributed by atoms with Crippen molar-refractivity contribution in [2.24, 2.45) is 0 Å². The summed E-state index contributed by atoms with van der Waals surface area (Å²) in [6, 6.07) is 11.8. The third-order valence-corrected chi connectivity index (χ3v) is 4.66. The first-order chi connectivity index (χ1) is 10.5. The molecule has 0 saturated heterocycles. The molecule has 112 valence electrons. The van der Waals surface area contributed by atoms with Gasteiger partial charge in [-0.25, -0.2) is 0 Å². The summed E-state index contributed by atoms with van der Waals surface area (Å²) in [5.74, 6) is 0.658. The Bertz CT molecular complexity index is 754. The Kier molecular flexibility index (Phi) is 3.69. The highest BCUT2D eigenvalue weighted by Crippen LogP contribution is 2.41. The predicted molar refractivity (Wildman–Crippen MR) is 88.6 cm³/mol. The SMILES string of the molecule is CC(=O)c1ccc(-c2ccc(C(C)=O)c3c2CCC3C)cc1. The minimum Gasteiger partial charge on any atom is -0.295 e. The molecule has 0 aromatic heterocycles. The molecule has 0 fully saturated rings. The fourth-order valence-electron chi connectivity index (χ4n) is 3.46. The molecular weight excluding hydrogens is 272 g/mol. The Morgan fingerprint density at radius 2 is 1.64 bits per heavy atom. The van der Waals surface area contributed by atoms with Crippen molar-refractivity contribution in [1.29, 1.82) is 0 Å². The van der Waals surface area contributed by atoms with Crippen LogP contribution >= 0.6 is 0 Å². The van der Waals surface area contributed by atoms with Gasteiger partial charge in [-0.05, 0) is 54.9 Å². The zero-order chi connectivity index (χ0) is 15.9. The average molecular weight is 292 g/mol. The normalized spacial score (nSPS) is 16.4. The zero-order valence-corrected chi connectivity index (χ0v) is 13.3. The first kappa shape index (κ1) is 14.7. The maximum Gasteiger partial charge on any atom is 0.160 e. The van der Waals surface area contributed by atoms with Crippen LogP contribution in [0.4, 0.5) is 0 Å². The van der Waals surface area contributed by atoms with Gasteiger partial charge in [0.2, 0.25) is 0 Å². The molecule has 1 atom stereocenters. The van der Waals surface area contributed by atoms with Crippen LogP contribution in [-0.4, -0.2) is 11.6 Å². The summed E-state index contributed by atoms with van der Waals surface area (Å²) in [6.07, 6.45) is 2.11. The molecule has 0 bridgehead atoms. The summed E-state index contributed by atoms with van der Waals surface area (Å²) in [6.45, 7) is 5.42. The van der Waals surface area contributed by atoms with E-state index in [1.807, 2.05) is 30.3 Å². The lowest BCUT2D eigenvalue weighted by Crippen LogP contribution is -2.02. The van der Waals surface area contributed by atoms with Crippen LogP contribution < -0.4 is 0 Å². The van der Waals surface area contributed by atoms with Gasteiger partial charge in [0.15, 0.2) is 11.6 Å². The summed E-state index contributed by atoms with van der Waals surface area (Å²) in [7, 11) is 0. The molecule has 2 heteroatoms. The second kappa shape index (κ2) is 5.53. The van der Waals surface area contributed by atoms with E-state index in [2.05, 4.69) is 13.0 Å². The number of hydrogen-bond donors (Lipinski definition) is 0. The van der Waals surface area contributed by atoms with E-state index in [9.17, 15) is 9.59 Å². The Morgan fingerprint density at radius 1 is 0.955 bits per heavy atom.